The standard InChI is InChI=1S/C12H10FN3O/c13-9-6-15-12(14)16-10(9)8-3-1-2-7-4-5-17-11(7)8/h1-3,6H,4-5H2,(H2,14,15,16). The van der Waals surface area contributed by atoms with Crippen LogP contribution in [0.5, 0.6) is 5.75 Å². The summed E-state index contributed by atoms with van der Waals surface area (Å²) in [5.41, 5.74) is 7.37. The van der Waals surface area contributed by atoms with Crippen LogP contribution in [-0.4, -0.2) is 16.6 Å². The molecule has 2 N–H and O–H groups in total. The lowest BCUT2D eigenvalue weighted by atomic mass is 10.1. The van der Waals surface area contributed by atoms with Gasteiger partial charge < -0.3 is 10.5 Å². The van der Waals surface area contributed by atoms with Crippen LogP contribution in [0, 0.1) is 5.82 Å². The minimum absolute atomic E-state index is 0.0528. The fourth-order valence-electron chi connectivity index (χ4n) is 1.97. The van der Waals surface area contributed by atoms with Gasteiger partial charge in [0.2, 0.25) is 5.95 Å². The predicted octanol–water partition coefficient (Wildman–Crippen LogP) is 1.80. The number of aromatic nitrogens is 2. The van der Waals surface area contributed by atoms with E-state index >= 15 is 0 Å². The van der Waals surface area contributed by atoms with Crippen molar-refractivity contribution in [3.05, 3.63) is 35.8 Å². The third-order valence-electron chi connectivity index (χ3n) is 2.73. The number of benzene rings is 1. The Morgan fingerprint density at radius 3 is 3.12 bits per heavy atom. The molecule has 0 saturated heterocycles. The van der Waals surface area contributed by atoms with Gasteiger partial charge in [-0.1, -0.05) is 12.1 Å². The maximum Gasteiger partial charge on any atom is 0.220 e. The van der Waals surface area contributed by atoms with Gasteiger partial charge in [0.1, 0.15) is 11.4 Å². The molecule has 3 rings (SSSR count). The number of hydrogen-bond donors (Lipinski definition) is 1. The molecule has 86 valence electrons. The first-order valence-electron chi connectivity index (χ1n) is 5.29. The van der Waals surface area contributed by atoms with Crippen LogP contribution >= 0.6 is 0 Å². The van der Waals surface area contributed by atoms with Crippen LogP contribution in [0.25, 0.3) is 11.3 Å². The number of fused-ring (bicyclic) bond motifs is 1. The number of ether oxygens (including phenoxy) is 1. The Kier molecular flexibility index (Phi) is 2.18. The van der Waals surface area contributed by atoms with Crippen molar-refractivity contribution in [2.45, 2.75) is 6.42 Å². The SMILES string of the molecule is Nc1ncc(F)c(-c2cccc3c2OCC3)n1. The zero-order valence-corrected chi connectivity index (χ0v) is 8.98. The third-order valence-corrected chi connectivity index (χ3v) is 2.73. The lowest BCUT2D eigenvalue weighted by Crippen LogP contribution is -2.00. The fourth-order valence-corrected chi connectivity index (χ4v) is 1.97. The number of nitrogens with zero attached hydrogens (tertiary/aromatic N) is 2. The largest absolute Gasteiger partial charge is 0.492 e. The first kappa shape index (κ1) is 10.0. The maximum atomic E-state index is 13.7. The molecule has 0 spiro atoms. The normalized spacial score (nSPS) is 13.2. The molecular weight excluding hydrogens is 221 g/mol. The monoisotopic (exact) mass is 231 g/mol. The number of nitrogens with two attached hydrogens (primary N) is 1. The van der Waals surface area contributed by atoms with Crippen LogP contribution in [-0.2, 0) is 6.42 Å². The van der Waals surface area contributed by atoms with E-state index in [4.69, 9.17) is 10.5 Å². The molecular formula is C12H10FN3O. The highest BCUT2D eigenvalue weighted by Crippen LogP contribution is 2.36. The van der Waals surface area contributed by atoms with E-state index in [-0.39, 0.29) is 11.6 Å². The maximum absolute atomic E-state index is 13.7. The minimum atomic E-state index is -0.497. The van der Waals surface area contributed by atoms with Crippen molar-refractivity contribution in [1.29, 1.82) is 0 Å². The average molecular weight is 231 g/mol. The van der Waals surface area contributed by atoms with E-state index < -0.39 is 5.82 Å². The zero-order chi connectivity index (χ0) is 11.8. The Bertz CT molecular complexity index is 586. The summed E-state index contributed by atoms with van der Waals surface area (Å²) in [5.74, 6) is 0.254. The Morgan fingerprint density at radius 2 is 2.24 bits per heavy atom. The zero-order valence-electron chi connectivity index (χ0n) is 8.98. The molecule has 1 aliphatic heterocycles. The molecule has 1 aromatic carbocycles. The van der Waals surface area contributed by atoms with Gasteiger partial charge >= 0.3 is 0 Å². The molecule has 17 heavy (non-hydrogen) atoms. The predicted molar refractivity (Wildman–Crippen MR) is 61.0 cm³/mol. The number of nitrogen functional groups attached to an aromatic ring is 1. The van der Waals surface area contributed by atoms with Gasteiger partial charge in [0.15, 0.2) is 5.82 Å². The van der Waals surface area contributed by atoms with Crippen LogP contribution in [0.3, 0.4) is 0 Å². The molecule has 2 aromatic rings. The Balaban J connectivity index is 2.22. The summed E-state index contributed by atoms with van der Waals surface area (Å²) in [5, 5.41) is 0. The van der Waals surface area contributed by atoms with Crippen LogP contribution in [0.4, 0.5) is 10.3 Å². The first-order chi connectivity index (χ1) is 8.25. The van der Waals surface area contributed by atoms with Gasteiger partial charge in [-0.05, 0) is 11.6 Å². The van der Waals surface area contributed by atoms with Gasteiger partial charge in [-0.15, -0.1) is 0 Å². The second-order valence-electron chi connectivity index (χ2n) is 3.82. The van der Waals surface area contributed by atoms with Gasteiger partial charge in [-0.25, -0.2) is 14.4 Å². The second kappa shape index (κ2) is 3.69. The molecule has 0 unspecified atom stereocenters. The van der Waals surface area contributed by atoms with Crippen molar-refractivity contribution in [2.24, 2.45) is 0 Å². The molecule has 2 heterocycles. The Hall–Kier alpha value is -2.17. The summed E-state index contributed by atoms with van der Waals surface area (Å²) in [6, 6.07) is 5.60. The van der Waals surface area contributed by atoms with Crippen molar-refractivity contribution >= 4 is 5.95 Å². The highest BCUT2D eigenvalue weighted by molar-refractivity contribution is 5.70. The van der Waals surface area contributed by atoms with E-state index in [1.165, 1.54) is 0 Å². The van der Waals surface area contributed by atoms with Crippen molar-refractivity contribution in [3.8, 4) is 17.0 Å². The number of rotatable bonds is 1. The second-order valence-corrected chi connectivity index (χ2v) is 3.82. The third kappa shape index (κ3) is 1.60. The highest BCUT2D eigenvalue weighted by Gasteiger charge is 2.20. The molecule has 0 amide bonds. The molecule has 0 radical (unpaired) electrons. The summed E-state index contributed by atoms with van der Waals surface area (Å²) in [4.78, 5) is 7.54. The van der Waals surface area contributed by atoms with E-state index in [9.17, 15) is 4.39 Å². The molecule has 0 saturated carbocycles. The van der Waals surface area contributed by atoms with Gasteiger partial charge in [0, 0.05) is 12.0 Å². The minimum Gasteiger partial charge on any atom is -0.492 e. The number of hydrogen-bond acceptors (Lipinski definition) is 4. The van der Waals surface area contributed by atoms with Crippen molar-refractivity contribution < 1.29 is 9.13 Å². The quantitative estimate of drug-likeness (QED) is 0.812. The lowest BCUT2D eigenvalue weighted by Gasteiger charge is -2.08. The number of anilines is 1. The van der Waals surface area contributed by atoms with Crippen LogP contribution in [0.1, 0.15) is 5.56 Å². The topological polar surface area (TPSA) is 61.0 Å². The summed E-state index contributed by atoms with van der Waals surface area (Å²) in [6.07, 6.45) is 1.91. The van der Waals surface area contributed by atoms with Gasteiger partial charge in [-0.2, -0.15) is 0 Å². The molecule has 1 aliphatic rings. The van der Waals surface area contributed by atoms with Crippen LogP contribution in [0.2, 0.25) is 0 Å². The van der Waals surface area contributed by atoms with Crippen LogP contribution in [0.15, 0.2) is 24.4 Å². The highest BCUT2D eigenvalue weighted by atomic mass is 19.1. The molecule has 1 aromatic heterocycles. The van der Waals surface area contributed by atoms with E-state index in [1.807, 2.05) is 12.1 Å². The smallest absolute Gasteiger partial charge is 0.220 e. The van der Waals surface area contributed by atoms with Gasteiger partial charge in [-0.3, -0.25) is 0 Å². The first-order valence-corrected chi connectivity index (χ1v) is 5.29. The van der Waals surface area contributed by atoms with Crippen LogP contribution < -0.4 is 10.5 Å². The number of para-hydroxylation sites is 1. The van der Waals surface area contributed by atoms with E-state index in [0.717, 1.165) is 18.2 Å². The van der Waals surface area contributed by atoms with Gasteiger partial charge in [0.05, 0.1) is 12.8 Å². The van der Waals surface area contributed by atoms with Gasteiger partial charge in [0.25, 0.3) is 0 Å². The van der Waals surface area contributed by atoms with Crippen molar-refractivity contribution in [2.75, 3.05) is 12.3 Å². The van der Waals surface area contributed by atoms with E-state index in [2.05, 4.69) is 9.97 Å². The van der Waals surface area contributed by atoms with E-state index in [0.29, 0.717) is 17.9 Å². The average Bonchev–Trinajstić information content (AvgIpc) is 2.80. The molecule has 0 fully saturated rings. The van der Waals surface area contributed by atoms with Crippen molar-refractivity contribution in [3.63, 3.8) is 0 Å². The lowest BCUT2D eigenvalue weighted by molar-refractivity contribution is 0.357. The number of halogens is 1. The fraction of sp³-hybridized carbons (Fsp3) is 0.167. The van der Waals surface area contributed by atoms with Crippen molar-refractivity contribution in [1.82, 2.24) is 9.97 Å². The Morgan fingerprint density at radius 1 is 1.35 bits per heavy atom. The molecule has 0 bridgehead atoms. The summed E-state index contributed by atoms with van der Waals surface area (Å²) in [6.45, 7) is 0.620. The molecule has 0 aliphatic carbocycles. The molecule has 5 heteroatoms. The summed E-state index contributed by atoms with van der Waals surface area (Å²) >= 11 is 0. The molecule has 0 atom stereocenters. The van der Waals surface area contributed by atoms with E-state index in [1.54, 1.807) is 6.07 Å². The summed E-state index contributed by atoms with van der Waals surface area (Å²) in [7, 11) is 0. The summed E-state index contributed by atoms with van der Waals surface area (Å²) < 4.78 is 19.2. The Labute approximate surface area is 97.3 Å². The molecule has 4 nitrogen and oxygen atoms in total.